The van der Waals surface area contributed by atoms with E-state index in [2.05, 4.69) is 9.64 Å². The molecule has 0 spiro atoms. The third-order valence-corrected chi connectivity index (χ3v) is 3.60. The van der Waals surface area contributed by atoms with Crippen LogP contribution in [-0.4, -0.2) is 37.8 Å². The van der Waals surface area contributed by atoms with Gasteiger partial charge in [0, 0.05) is 19.1 Å². The van der Waals surface area contributed by atoms with Gasteiger partial charge in [-0.2, -0.15) is 8.78 Å². The lowest BCUT2D eigenvalue weighted by Gasteiger charge is -2.23. The minimum atomic E-state index is -2.86. The molecule has 1 heterocycles. The molecule has 1 aromatic rings. The molecule has 0 radical (unpaired) electrons. The Bertz CT molecular complexity index is 443. The molecule has 6 heteroatoms. The summed E-state index contributed by atoms with van der Waals surface area (Å²) in [4.78, 5) is 2.27. The summed E-state index contributed by atoms with van der Waals surface area (Å²) >= 11 is 0. The Morgan fingerprint density at radius 2 is 2.20 bits per heavy atom. The van der Waals surface area contributed by atoms with Crippen LogP contribution in [0, 0.1) is 0 Å². The van der Waals surface area contributed by atoms with E-state index in [1.54, 1.807) is 12.1 Å². The number of methoxy groups -OCH3 is 1. The van der Waals surface area contributed by atoms with Crippen LogP contribution < -0.4 is 15.2 Å². The van der Waals surface area contributed by atoms with Gasteiger partial charge in [0.15, 0.2) is 11.5 Å². The highest BCUT2D eigenvalue weighted by Crippen LogP contribution is 2.30. The molecular formula is C14H20F2N2O2. The fourth-order valence-electron chi connectivity index (χ4n) is 2.61. The summed E-state index contributed by atoms with van der Waals surface area (Å²) in [5, 5.41) is 0. The largest absolute Gasteiger partial charge is 0.493 e. The van der Waals surface area contributed by atoms with Crippen molar-refractivity contribution in [3.63, 3.8) is 0 Å². The van der Waals surface area contributed by atoms with Crippen LogP contribution in [0.1, 0.15) is 18.4 Å². The minimum absolute atomic E-state index is 0.0727. The molecule has 0 bridgehead atoms. The van der Waals surface area contributed by atoms with Crippen molar-refractivity contribution < 1.29 is 18.3 Å². The number of likely N-dealkylation sites (tertiary alicyclic amines) is 1. The van der Waals surface area contributed by atoms with Crippen molar-refractivity contribution in [2.45, 2.75) is 32.0 Å². The monoisotopic (exact) mass is 286 g/mol. The van der Waals surface area contributed by atoms with E-state index in [1.807, 2.05) is 6.07 Å². The Morgan fingerprint density at radius 3 is 2.85 bits per heavy atom. The van der Waals surface area contributed by atoms with Gasteiger partial charge >= 0.3 is 6.61 Å². The highest BCUT2D eigenvalue weighted by molar-refractivity contribution is 5.43. The van der Waals surface area contributed by atoms with Gasteiger partial charge in [-0.05, 0) is 37.1 Å². The van der Waals surface area contributed by atoms with Crippen molar-refractivity contribution in [2.24, 2.45) is 5.73 Å². The summed E-state index contributed by atoms with van der Waals surface area (Å²) in [6.07, 6.45) is 2.21. The molecule has 1 fully saturated rings. The van der Waals surface area contributed by atoms with Crippen LogP contribution in [0.25, 0.3) is 0 Å². The second-order valence-corrected chi connectivity index (χ2v) is 4.87. The summed E-state index contributed by atoms with van der Waals surface area (Å²) in [5.74, 6) is 0.384. The predicted molar refractivity (Wildman–Crippen MR) is 72.1 cm³/mol. The number of hydrogen-bond acceptors (Lipinski definition) is 4. The van der Waals surface area contributed by atoms with Gasteiger partial charge in [0.2, 0.25) is 0 Å². The molecule has 112 valence electrons. The van der Waals surface area contributed by atoms with Crippen LogP contribution in [0.4, 0.5) is 8.78 Å². The van der Waals surface area contributed by atoms with Crippen molar-refractivity contribution in [3.05, 3.63) is 23.8 Å². The van der Waals surface area contributed by atoms with E-state index in [0.29, 0.717) is 24.9 Å². The molecule has 2 rings (SSSR count). The van der Waals surface area contributed by atoms with Crippen molar-refractivity contribution in [1.29, 1.82) is 0 Å². The van der Waals surface area contributed by atoms with Gasteiger partial charge < -0.3 is 15.2 Å². The molecule has 1 saturated heterocycles. The van der Waals surface area contributed by atoms with Gasteiger partial charge in [0.05, 0.1) is 7.11 Å². The Labute approximate surface area is 117 Å². The number of alkyl halides is 2. The Morgan fingerprint density at radius 1 is 1.40 bits per heavy atom. The first kappa shape index (κ1) is 15.0. The van der Waals surface area contributed by atoms with Gasteiger partial charge in [0.1, 0.15) is 0 Å². The van der Waals surface area contributed by atoms with Crippen molar-refractivity contribution in [1.82, 2.24) is 4.90 Å². The molecular weight excluding hydrogens is 266 g/mol. The van der Waals surface area contributed by atoms with Crippen molar-refractivity contribution >= 4 is 0 Å². The Kier molecular flexibility index (Phi) is 5.14. The second kappa shape index (κ2) is 6.85. The minimum Gasteiger partial charge on any atom is -0.493 e. The van der Waals surface area contributed by atoms with Crippen LogP contribution in [0.5, 0.6) is 11.5 Å². The molecule has 20 heavy (non-hydrogen) atoms. The number of benzene rings is 1. The van der Waals surface area contributed by atoms with E-state index in [9.17, 15) is 8.78 Å². The van der Waals surface area contributed by atoms with E-state index in [0.717, 1.165) is 24.9 Å². The molecule has 2 N–H and O–H groups in total. The SMILES string of the molecule is COc1ccc(CN2CCCC2CN)cc1OC(F)F. The fraction of sp³-hybridized carbons (Fsp3) is 0.571. The molecule has 0 amide bonds. The zero-order valence-corrected chi connectivity index (χ0v) is 11.5. The molecule has 1 aliphatic rings. The highest BCUT2D eigenvalue weighted by atomic mass is 19.3. The maximum atomic E-state index is 12.4. The maximum absolute atomic E-state index is 12.4. The number of nitrogens with zero attached hydrogens (tertiary/aromatic N) is 1. The first-order valence-corrected chi connectivity index (χ1v) is 6.70. The number of halogens is 2. The first-order valence-electron chi connectivity index (χ1n) is 6.70. The smallest absolute Gasteiger partial charge is 0.387 e. The van der Waals surface area contributed by atoms with Gasteiger partial charge in [-0.25, -0.2) is 0 Å². The standard InChI is InChI=1S/C14H20F2N2O2/c1-19-12-5-4-10(7-13(12)20-14(15)16)9-18-6-2-3-11(18)8-17/h4-5,7,11,14H,2-3,6,8-9,17H2,1H3. The molecule has 1 aliphatic heterocycles. The summed E-state index contributed by atoms with van der Waals surface area (Å²) in [6.45, 7) is -0.566. The van der Waals surface area contributed by atoms with Crippen LogP contribution in [-0.2, 0) is 6.54 Å². The van der Waals surface area contributed by atoms with E-state index >= 15 is 0 Å². The summed E-state index contributed by atoms with van der Waals surface area (Å²) < 4.78 is 34.3. The maximum Gasteiger partial charge on any atom is 0.387 e. The average Bonchev–Trinajstić information content (AvgIpc) is 2.85. The van der Waals surface area contributed by atoms with E-state index in [-0.39, 0.29) is 5.75 Å². The normalized spacial score (nSPS) is 19.6. The molecule has 1 atom stereocenters. The summed E-state index contributed by atoms with van der Waals surface area (Å²) in [7, 11) is 1.43. The summed E-state index contributed by atoms with van der Waals surface area (Å²) in [5.41, 5.74) is 6.65. The topological polar surface area (TPSA) is 47.7 Å². The lowest BCUT2D eigenvalue weighted by atomic mass is 10.1. The second-order valence-electron chi connectivity index (χ2n) is 4.87. The number of rotatable bonds is 6. The van der Waals surface area contributed by atoms with Crippen LogP contribution in [0.2, 0.25) is 0 Å². The zero-order valence-electron chi connectivity index (χ0n) is 11.5. The van der Waals surface area contributed by atoms with E-state index in [4.69, 9.17) is 10.5 Å². The van der Waals surface area contributed by atoms with Crippen LogP contribution >= 0.6 is 0 Å². The Balaban J connectivity index is 2.11. The molecule has 0 saturated carbocycles. The first-order chi connectivity index (χ1) is 9.63. The van der Waals surface area contributed by atoms with Gasteiger partial charge in [0.25, 0.3) is 0 Å². The van der Waals surface area contributed by atoms with Crippen molar-refractivity contribution in [2.75, 3.05) is 20.2 Å². The lowest BCUT2D eigenvalue weighted by molar-refractivity contribution is -0.0512. The van der Waals surface area contributed by atoms with Gasteiger partial charge in [-0.1, -0.05) is 6.07 Å². The average molecular weight is 286 g/mol. The fourth-order valence-corrected chi connectivity index (χ4v) is 2.61. The van der Waals surface area contributed by atoms with Gasteiger partial charge in [-0.15, -0.1) is 0 Å². The number of hydrogen-bond donors (Lipinski definition) is 1. The number of nitrogens with two attached hydrogens (primary N) is 1. The zero-order chi connectivity index (χ0) is 14.5. The van der Waals surface area contributed by atoms with Crippen molar-refractivity contribution in [3.8, 4) is 11.5 Å². The third kappa shape index (κ3) is 3.58. The number of ether oxygens (including phenoxy) is 2. The molecule has 0 aromatic heterocycles. The van der Waals surface area contributed by atoms with E-state index < -0.39 is 6.61 Å². The highest BCUT2D eigenvalue weighted by Gasteiger charge is 2.23. The van der Waals surface area contributed by atoms with E-state index in [1.165, 1.54) is 7.11 Å². The molecule has 1 unspecified atom stereocenters. The third-order valence-electron chi connectivity index (χ3n) is 3.60. The molecule has 1 aromatic carbocycles. The predicted octanol–water partition coefficient (Wildman–Crippen LogP) is 2.22. The van der Waals surface area contributed by atoms with Crippen LogP contribution in [0.3, 0.4) is 0 Å². The van der Waals surface area contributed by atoms with Crippen LogP contribution in [0.15, 0.2) is 18.2 Å². The quantitative estimate of drug-likeness (QED) is 0.871. The Hall–Kier alpha value is -1.40. The molecule has 0 aliphatic carbocycles. The molecule has 4 nitrogen and oxygen atoms in total. The summed E-state index contributed by atoms with van der Waals surface area (Å²) in [6, 6.07) is 5.50. The lowest BCUT2D eigenvalue weighted by Crippen LogP contribution is -2.34. The van der Waals surface area contributed by atoms with Gasteiger partial charge in [-0.3, -0.25) is 4.90 Å².